The van der Waals surface area contributed by atoms with E-state index < -0.39 is 6.10 Å². The zero-order valence-electron chi connectivity index (χ0n) is 8.29. The third-order valence-corrected chi connectivity index (χ3v) is 1.79. The molecule has 4 heteroatoms. The molecular formula is C9H18N2O2. The molecule has 0 aromatic heterocycles. The smallest absolute Gasteiger partial charge is 0.0950 e. The lowest BCUT2D eigenvalue weighted by atomic mass is 10.2. The second kappa shape index (κ2) is 7.99. The molecule has 0 saturated carbocycles. The van der Waals surface area contributed by atoms with Crippen molar-refractivity contribution < 1.29 is 9.84 Å². The predicted octanol–water partition coefficient (Wildman–Crippen LogP) is 0.276. The number of nitriles is 1. The summed E-state index contributed by atoms with van der Waals surface area (Å²) in [4.78, 5) is 0. The van der Waals surface area contributed by atoms with Crippen LogP contribution in [-0.4, -0.2) is 37.5 Å². The van der Waals surface area contributed by atoms with Gasteiger partial charge in [0.25, 0.3) is 0 Å². The maximum absolute atomic E-state index is 9.26. The van der Waals surface area contributed by atoms with E-state index in [0.717, 1.165) is 6.42 Å². The average molecular weight is 186 g/mol. The third kappa shape index (κ3) is 6.52. The highest BCUT2D eigenvalue weighted by Gasteiger charge is 2.05. The van der Waals surface area contributed by atoms with Gasteiger partial charge in [-0.2, -0.15) is 5.26 Å². The number of ether oxygens (including phenoxy) is 1. The molecule has 0 saturated heterocycles. The SMILES string of the molecule is CCC(C#N)NCCC(O)COC. The highest BCUT2D eigenvalue weighted by Crippen LogP contribution is 1.93. The van der Waals surface area contributed by atoms with Gasteiger partial charge in [-0.15, -0.1) is 0 Å². The maximum atomic E-state index is 9.26. The highest BCUT2D eigenvalue weighted by atomic mass is 16.5. The first kappa shape index (κ1) is 12.4. The Morgan fingerprint density at radius 3 is 2.77 bits per heavy atom. The Labute approximate surface area is 79.5 Å². The van der Waals surface area contributed by atoms with E-state index in [1.165, 1.54) is 0 Å². The van der Waals surface area contributed by atoms with Gasteiger partial charge in [0.2, 0.25) is 0 Å². The van der Waals surface area contributed by atoms with Crippen molar-refractivity contribution in [3.63, 3.8) is 0 Å². The van der Waals surface area contributed by atoms with Crippen LogP contribution in [0.5, 0.6) is 0 Å². The molecule has 0 fully saturated rings. The normalized spacial score (nSPS) is 14.9. The van der Waals surface area contributed by atoms with Crippen LogP contribution < -0.4 is 5.32 Å². The minimum atomic E-state index is -0.436. The van der Waals surface area contributed by atoms with Crippen LogP contribution in [0.25, 0.3) is 0 Å². The fraction of sp³-hybridized carbons (Fsp3) is 0.889. The van der Waals surface area contributed by atoms with Crippen LogP contribution in [0, 0.1) is 11.3 Å². The van der Waals surface area contributed by atoms with Crippen LogP contribution in [0.2, 0.25) is 0 Å². The predicted molar refractivity (Wildman–Crippen MR) is 50.2 cm³/mol. The molecule has 0 aliphatic rings. The number of hydrogen-bond donors (Lipinski definition) is 2. The maximum Gasteiger partial charge on any atom is 0.0950 e. The molecule has 0 aromatic carbocycles. The van der Waals surface area contributed by atoms with Gasteiger partial charge in [0.05, 0.1) is 24.8 Å². The number of methoxy groups -OCH3 is 1. The summed E-state index contributed by atoms with van der Waals surface area (Å²) >= 11 is 0. The van der Waals surface area contributed by atoms with Gasteiger partial charge in [-0.25, -0.2) is 0 Å². The zero-order chi connectivity index (χ0) is 10.1. The third-order valence-electron chi connectivity index (χ3n) is 1.79. The summed E-state index contributed by atoms with van der Waals surface area (Å²) in [5, 5.41) is 20.9. The first-order valence-corrected chi connectivity index (χ1v) is 4.54. The number of rotatable bonds is 7. The molecule has 13 heavy (non-hydrogen) atoms. The molecule has 2 unspecified atom stereocenters. The van der Waals surface area contributed by atoms with Crippen molar-refractivity contribution in [3.05, 3.63) is 0 Å². The standard InChI is InChI=1S/C9H18N2O2/c1-3-8(6-10)11-5-4-9(12)7-13-2/h8-9,11-12H,3-5,7H2,1-2H3. The molecule has 0 aliphatic heterocycles. The van der Waals surface area contributed by atoms with Crippen molar-refractivity contribution in [1.29, 1.82) is 5.26 Å². The van der Waals surface area contributed by atoms with E-state index >= 15 is 0 Å². The van der Waals surface area contributed by atoms with E-state index in [1.807, 2.05) is 6.92 Å². The van der Waals surface area contributed by atoms with Gasteiger partial charge < -0.3 is 15.2 Å². The van der Waals surface area contributed by atoms with E-state index in [1.54, 1.807) is 7.11 Å². The molecule has 0 aliphatic carbocycles. The lowest BCUT2D eigenvalue weighted by Crippen LogP contribution is -2.30. The monoisotopic (exact) mass is 186 g/mol. The van der Waals surface area contributed by atoms with Crippen molar-refractivity contribution in [2.75, 3.05) is 20.3 Å². The van der Waals surface area contributed by atoms with Crippen LogP contribution in [0.1, 0.15) is 19.8 Å². The molecule has 0 rings (SSSR count). The Morgan fingerprint density at radius 2 is 2.31 bits per heavy atom. The van der Waals surface area contributed by atoms with Crippen LogP contribution >= 0.6 is 0 Å². The number of aliphatic hydroxyl groups excluding tert-OH is 1. The topological polar surface area (TPSA) is 65.3 Å². The largest absolute Gasteiger partial charge is 0.391 e. The lowest BCUT2D eigenvalue weighted by molar-refractivity contribution is 0.0592. The summed E-state index contributed by atoms with van der Waals surface area (Å²) in [6.45, 7) is 2.95. The van der Waals surface area contributed by atoms with Gasteiger partial charge in [-0.05, 0) is 19.4 Å². The Morgan fingerprint density at radius 1 is 1.62 bits per heavy atom. The van der Waals surface area contributed by atoms with Crippen LogP contribution in [0.3, 0.4) is 0 Å². The first-order chi connectivity index (χ1) is 6.24. The molecule has 2 atom stereocenters. The average Bonchev–Trinajstić information content (AvgIpc) is 2.13. The van der Waals surface area contributed by atoms with E-state index in [9.17, 15) is 5.11 Å². The molecule has 0 amide bonds. The Balaban J connectivity index is 3.38. The van der Waals surface area contributed by atoms with E-state index in [-0.39, 0.29) is 6.04 Å². The summed E-state index contributed by atoms with van der Waals surface area (Å²) in [5.41, 5.74) is 0. The Hall–Kier alpha value is -0.630. The van der Waals surface area contributed by atoms with Gasteiger partial charge in [0, 0.05) is 7.11 Å². The fourth-order valence-electron chi connectivity index (χ4n) is 0.981. The molecule has 2 N–H and O–H groups in total. The summed E-state index contributed by atoms with van der Waals surface area (Å²) in [6, 6.07) is 2.03. The van der Waals surface area contributed by atoms with Crippen molar-refractivity contribution in [2.45, 2.75) is 31.9 Å². The fourth-order valence-corrected chi connectivity index (χ4v) is 0.981. The van der Waals surface area contributed by atoms with Crippen molar-refractivity contribution in [3.8, 4) is 6.07 Å². The van der Waals surface area contributed by atoms with Crippen molar-refractivity contribution in [2.24, 2.45) is 0 Å². The van der Waals surface area contributed by atoms with Crippen LogP contribution in [-0.2, 0) is 4.74 Å². The minimum Gasteiger partial charge on any atom is -0.391 e. The second-order valence-corrected chi connectivity index (χ2v) is 2.94. The van der Waals surface area contributed by atoms with Crippen LogP contribution in [0.4, 0.5) is 0 Å². The summed E-state index contributed by atoms with van der Waals surface area (Å²) < 4.78 is 4.77. The number of nitrogens with zero attached hydrogens (tertiary/aromatic N) is 1. The van der Waals surface area contributed by atoms with Gasteiger partial charge in [0.1, 0.15) is 0 Å². The molecule has 0 heterocycles. The lowest BCUT2D eigenvalue weighted by Gasteiger charge is -2.12. The van der Waals surface area contributed by atoms with E-state index in [2.05, 4.69) is 11.4 Å². The molecule has 0 aromatic rings. The van der Waals surface area contributed by atoms with E-state index in [4.69, 9.17) is 10.00 Å². The van der Waals surface area contributed by atoms with Gasteiger partial charge >= 0.3 is 0 Å². The van der Waals surface area contributed by atoms with Gasteiger partial charge in [-0.1, -0.05) is 6.92 Å². The summed E-state index contributed by atoms with van der Waals surface area (Å²) in [7, 11) is 1.56. The molecule has 4 nitrogen and oxygen atoms in total. The molecular weight excluding hydrogens is 168 g/mol. The Kier molecular flexibility index (Phi) is 7.60. The number of nitrogens with one attached hydrogen (secondary N) is 1. The van der Waals surface area contributed by atoms with Crippen molar-refractivity contribution >= 4 is 0 Å². The first-order valence-electron chi connectivity index (χ1n) is 4.54. The zero-order valence-corrected chi connectivity index (χ0v) is 8.29. The Bertz CT molecular complexity index is 156. The minimum absolute atomic E-state index is 0.102. The van der Waals surface area contributed by atoms with E-state index in [0.29, 0.717) is 19.6 Å². The number of aliphatic hydroxyl groups is 1. The van der Waals surface area contributed by atoms with Gasteiger partial charge in [-0.3, -0.25) is 0 Å². The molecule has 0 bridgehead atoms. The van der Waals surface area contributed by atoms with Crippen LogP contribution in [0.15, 0.2) is 0 Å². The summed E-state index contributed by atoms with van der Waals surface area (Å²) in [6.07, 6.45) is 0.969. The van der Waals surface area contributed by atoms with Gasteiger partial charge in [0.15, 0.2) is 0 Å². The second-order valence-electron chi connectivity index (χ2n) is 2.94. The van der Waals surface area contributed by atoms with Crippen molar-refractivity contribution in [1.82, 2.24) is 5.32 Å². The molecule has 0 radical (unpaired) electrons. The summed E-state index contributed by atoms with van der Waals surface area (Å²) in [5.74, 6) is 0. The molecule has 76 valence electrons. The highest BCUT2D eigenvalue weighted by molar-refractivity contribution is 4.88. The number of hydrogen-bond acceptors (Lipinski definition) is 4. The quantitative estimate of drug-likeness (QED) is 0.599. The molecule has 0 spiro atoms.